The number of rotatable bonds is 4. The molecule has 4 aromatic carbocycles. The summed E-state index contributed by atoms with van der Waals surface area (Å²) in [5, 5.41) is 39.9. The van der Waals surface area contributed by atoms with Crippen LogP contribution < -0.4 is 15.6 Å². The van der Waals surface area contributed by atoms with Crippen molar-refractivity contribution in [3.05, 3.63) is 105 Å². The quantitative estimate of drug-likeness (QED) is 0.224. The predicted molar refractivity (Wildman–Crippen MR) is 143 cm³/mol. The van der Waals surface area contributed by atoms with Crippen LogP contribution in [0.3, 0.4) is 0 Å². The van der Waals surface area contributed by atoms with Crippen LogP contribution in [0.5, 0.6) is 34.5 Å². The van der Waals surface area contributed by atoms with Crippen LogP contribution in [0.4, 0.5) is 0 Å². The number of phenolic OH excluding ortho intramolecular Hbond substituents is 4. The molecule has 9 nitrogen and oxygen atoms in total. The number of ether oxygens (including phenoxy) is 1. The lowest BCUT2D eigenvalue weighted by Gasteiger charge is -2.10. The van der Waals surface area contributed by atoms with E-state index in [1.807, 2.05) is 0 Å². The van der Waals surface area contributed by atoms with Crippen LogP contribution in [-0.4, -0.2) is 20.4 Å². The fourth-order valence-electron chi connectivity index (χ4n) is 4.26. The molecule has 4 N–H and O–H groups in total. The van der Waals surface area contributed by atoms with Crippen molar-refractivity contribution in [2.75, 3.05) is 0 Å². The van der Waals surface area contributed by atoms with Crippen molar-refractivity contribution in [3.63, 3.8) is 0 Å². The molecule has 6 aromatic rings. The first kappa shape index (κ1) is 23.7. The van der Waals surface area contributed by atoms with Crippen molar-refractivity contribution < 1.29 is 34.0 Å². The van der Waals surface area contributed by atoms with Crippen molar-refractivity contribution in [3.8, 4) is 57.1 Å². The van der Waals surface area contributed by atoms with Gasteiger partial charge in [-0.05, 0) is 54.6 Å². The number of benzene rings is 4. The van der Waals surface area contributed by atoms with Crippen molar-refractivity contribution in [2.24, 2.45) is 0 Å². The second-order valence-corrected chi connectivity index (χ2v) is 8.77. The average Bonchev–Trinajstić information content (AvgIpc) is 2.89. The van der Waals surface area contributed by atoms with Crippen LogP contribution >= 0.6 is 0 Å². The minimum Gasteiger partial charge on any atom is -0.508 e. The highest BCUT2D eigenvalue weighted by atomic mass is 16.5. The Morgan fingerprint density at radius 1 is 0.513 bits per heavy atom. The summed E-state index contributed by atoms with van der Waals surface area (Å²) < 4.78 is 17.6. The fourth-order valence-corrected chi connectivity index (χ4v) is 4.26. The Bertz CT molecular complexity index is 2040. The topological polar surface area (TPSA) is 151 Å². The number of aromatic hydroxyl groups is 4. The fraction of sp³-hybridized carbons (Fsp3) is 0. The molecule has 192 valence electrons. The zero-order valence-electron chi connectivity index (χ0n) is 19.9. The van der Waals surface area contributed by atoms with Crippen LogP contribution in [0.25, 0.3) is 44.6 Å². The first-order valence-corrected chi connectivity index (χ1v) is 11.6. The molecule has 0 spiro atoms. The second-order valence-electron chi connectivity index (χ2n) is 8.77. The maximum Gasteiger partial charge on any atom is 0.193 e. The minimum absolute atomic E-state index is 0.112. The zero-order chi connectivity index (χ0) is 27.3. The third-order valence-electron chi connectivity index (χ3n) is 6.13. The number of fused-ring (bicyclic) bond motifs is 2. The van der Waals surface area contributed by atoms with E-state index in [-0.39, 0.29) is 73.1 Å². The van der Waals surface area contributed by atoms with E-state index in [1.54, 1.807) is 24.3 Å². The highest BCUT2D eigenvalue weighted by molar-refractivity contribution is 5.82. The van der Waals surface area contributed by atoms with Gasteiger partial charge in [-0.15, -0.1) is 0 Å². The molecule has 0 radical (unpaired) electrons. The van der Waals surface area contributed by atoms with Crippen LogP contribution in [0.1, 0.15) is 0 Å². The summed E-state index contributed by atoms with van der Waals surface area (Å²) in [4.78, 5) is 25.5. The minimum atomic E-state index is -0.368. The summed E-state index contributed by atoms with van der Waals surface area (Å²) in [6.07, 6.45) is 0. The highest BCUT2D eigenvalue weighted by Gasteiger charge is 2.14. The van der Waals surface area contributed by atoms with E-state index in [0.29, 0.717) is 16.9 Å². The Balaban J connectivity index is 1.35. The summed E-state index contributed by atoms with van der Waals surface area (Å²) in [5.41, 5.74) is 0.265. The maximum atomic E-state index is 12.9. The molecule has 0 saturated carbocycles. The molecule has 0 saturated heterocycles. The van der Waals surface area contributed by atoms with E-state index in [4.69, 9.17) is 13.6 Å². The van der Waals surface area contributed by atoms with E-state index >= 15 is 0 Å². The summed E-state index contributed by atoms with van der Waals surface area (Å²) >= 11 is 0. The highest BCUT2D eigenvalue weighted by Crippen LogP contribution is 2.35. The monoisotopic (exact) mass is 522 g/mol. The van der Waals surface area contributed by atoms with Gasteiger partial charge in [-0.25, -0.2) is 0 Å². The average molecular weight is 522 g/mol. The van der Waals surface area contributed by atoms with E-state index in [9.17, 15) is 30.0 Å². The molecule has 2 aromatic heterocycles. The smallest absolute Gasteiger partial charge is 0.193 e. The standard InChI is InChI=1S/C30H18O9/c31-15-1-5-19(23(33)9-15)29-14-26(36)22-11-17(4-8-27(22)38-29)37-18-3-7-21-25(35)13-30(39-28(21)12-18)20-6-2-16(32)10-24(20)34/h1-14,31-34H. The first-order valence-electron chi connectivity index (χ1n) is 11.6. The molecule has 0 bridgehead atoms. The first-order chi connectivity index (χ1) is 18.7. The normalized spacial score (nSPS) is 11.2. The predicted octanol–water partition coefficient (Wildman–Crippen LogP) is 5.85. The van der Waals surface area contributed by atoms with E-state index in [1.165, 1.54) is 48.5 Å². The summed E-state index contributed by atoms with van der Waals surface area (Å²) in [7, 11) is 0. The molecule has 0 aliphatic carbocycles. The molecular weight excluding hydrogens is 504 g/mol. The molecule has 9 heteroatoms. The Morgan fingerprint density at radius 2 is 1.05 bits per heavy atom. The Kier molecular flexibility index (Phi) is 5.46. The molecule has 0 aliphatic rings. The van der Waals surface area contributed by atoms with Gasteiger partial charge in [0.2, 0.25) is 0 Å². The molecule has 0 aliphatic heterocycles. The van der Waals surface area contributed by atoms with Gasteiger partial charge in [0, 0.05) is 30.3 Å². The van der Waals surface area contributed by atoms with Gasteiger partial charge in [-0.2, -0.15) is 0 Å². The largest absolute Gasteiger partial charge is 0.508 e. The number of hydrogen-bond donors (Lipinski definition) is 4. The van der Waals surface area contributed by atoms with Crippen LogP contribution in [0, 0.1) is 0 Å². The summed E-state index contributed by atoms with van der Waals surface area (Å²) in [5.74, 6) is 0.168. The zero-order valence-corrected chi connectivity index (χ0v) is 19.9. The molecule has 0 amide bonds. The van der Waals surface area contributed by atoms with Crippen molar-refractivity contribution in [1.29, 1.82) is 0 Å². The summed E-state index contributed by atoms with van der Waals surface area (Å²) in [6, 6.07) is 19.7. The third kappa shape index (κ3) is 4.38. The van der Waals surface area contributed by atoms with E-state index in [2.05, 4.69) is 0 Å². The lowest BCUT2D eigenvalue weighted by Crippen LogP contribution is -2.01. The molecule has 0 atom stereocenters. The van der Waals surface area contributed by atoms with Crippen molar-refractivity contribution >= 4 is 21.9 Å². The van der Waals surface area contributed by atoms with Crippen LogP contribution in [0.15, 0.2) is 103 Å². The number of phenols is 4. The number of hydrogen-bond acceptors (Lipinski definition) is 9. The van der Waals surface area contributed by atoms with Gasteiger partial charge in [0.25, 0.3) is 0 Å². The van der Waals surface area contributed by atoms with Gasteiger partial charge in [0.1, 0.15) is 57.2 Å². The van der Waals surface area contributed by atoms with Gasteiger partial charge in [-0.1, -0.05) is 0 Å². The van der Waals surface area contributed by atoms with Gasteiger partial charge in [-0.3, -0.25) is 9.59 Å². The second kappa shape index (κ2) is 9.00. The lowest BCUT2D eigenvalue weighted by atomic mass is 10.1. The molecular formula is C30H18O9. The molecule has 0 fully saturated rings. The molecule has 6 rings (SSSR count). The molecule has 39 heavy (non-hydrogen) atoms. The summed E-state index contributed by atoms with van der Waals surface area (Å²) in [6.45, 7) is 0. The SMILES string of the molecule is O=c1cc(-c2ccc(O)cc2O)oc2cc(Oc3ccc4oc(-c5ccc(O)cc5O)cc(=O)c4c3)ccc12. The van der Waals surface area contributed by atoms with Crippen molar-refractivity contribution in [2.45, 2.75) is 0 Å². The van der Waals surface area contributed by atoms with Gasteiger partial charge in [0.05, 0.1) is 21.9 Å². The molecule has 2 heterocycles. The van der Waals surface area contributed by atoms with E-state index < -0.39 is 0 Å². The maximum absolute atomic E-state index is 12.9. The van der Waals surface area contributed by atoms with Gasteiger partial charge >= 0.3 is 0 Å². The van der Waals surface area contributed by atoms with Crippen molar-refractivity contribution in [1.82, 2.24) is 0 Å². The lowest BCUT2D eigenvalue weighted by molar-refractivity contribution is 0.449. The third-order valence-corrected chi connectivity index (χ3v) is 6.13. The Morgan fingerprint density at radius 3 is 1.67 bits per heavy atom. The Hall–Kier alpha value is -5.70. The van der Waals surface area contributed by atoms with Crippen LogP contribution in [0.2, 0.25) is 0 Å². The molecule has 0 unspecified atom stereocenters. The van der Waals surface area contributed by atoms with Crippen LogP contribution in [-0.2, 0) is 0 Å². The Labute approximate surface area is 218 Å². The van der Waals surface area contributed by atoms with E-state index in [0.717, 1.165) is 12.1 Å². The van der Waals surface area contributed by atoms with Gasteiger partial charge < -0.3 is 34.0 Å². The van der Waals surface area contributed by atoms with Gasteiger partial charge in [0.15, 0.2) is 10.9 Å².